The number of hydrogen-bond acceptors (Lipinski definition) is 5. The highest BCUT2D eigenvalue weighted by atomic mass is 19.1. The summed E-state index contributed by atoms with van der Waals surface area (Å²) < 4.78 is 29.5. The van der Waals surface area contributed by atoms with Crippen LogP contribution in [-0.2, 0) is 4.79 Å². The molecule has 3 N–H and O–H groups in total. The van der Waals surface area contributed by atoms with Gasteiger partial charge < -0.3 is 10.3 Å². The summed E-state index contributed by atoms with van der Waals surface area (Å²) in [6, 6.07) is 13.4. The van der Waals surface area contributed by atoms with Gasteiger partial charge in [0.15, 0.2) is 11.6 Å². The maximum absolute atomic E-state index is 16.0. The lowest BCUT2D eigenvalue weighted by Gasteiger charge is -2.09. The lowest BCUT2D eigenvalue weighted by molar-refractivity contribution is -0.116. The van der Waals surface area contributed by atoms with E-state index >= 15 is 4.39 Å². The molecule has 39 heavy (non-hydrogen) atoms. The minimum atomic E-state index is -0.595. The molecule has 0 fully saturated rings. The molecule has 0 unspecified atom stereocenters. The van der Waals surface area contributed by atoms with Crippen molar-refractivity contribution in [1.29, 1.82) is 0 Å². The van der Waals surface area contributed by atoms with E-state index in [9.17, 15) is 9.18 Å². The molecular weight excluding hydrogens is 500 g/mol. The number of carbonyl (C=O) groups excluding carboxylic acids is 1. The molecule has 0 saturated carbocycles. The van der Waals surface area contributed by atoms with Gasteiger partial charge in [-0.15, -0.1) is 0 Å². The monoisotopic (exact) mass is 523 g/mol. The Hall–Kier alpha value is -4.99. The van der Waals surface area contributed by atoms with E-state index in [0.717, 1.165) is 16.6 Å². The second kappa shape index (κ2) is 9.71. The van der Waals surface area contributed by atoms with E-state index in [1.165, 1.54) is 30.7 Å². The number of para-hydroxylation sites is 1. The van der Waals surface area contributed by atoms with Gasteiger partial charge in [-0.1, -0.05) is 38.1 Å². The Bertz CT molecular complexity index is 1840. The van der Waals surface area contributed by atoms with Crippen LogP contribution in [0.25, 0.3) is 55.8 Å². The summed E-state index contributed by atoms with van der Waals surface area (Å²) in [6.45, 7) is 3.91. The van der Waals surface area contributed by atoms with Crippen molar-refractivity contribution in [3.05, 3.63) is 78.8 Å². The lowest BCUT2D eigenvalue weighted by Crippen LogP contribution is -2.14. The Labute approximate surface area is 221 Å². The molecule has 0 aliphatic rings. The van der Waals surface area contributed by atoms with E-state index in [0.29, 0.717) is 40.2 Å². The van der Waals surface area contributed by atoms with Crippen molar-refractivity contribution in [2.24, 2.45) is 5.92 Å². The van der Waals surface area contributed by atoms with Crippen LogP contribution in [0.3, 0.4) is 0 Å². The molecule has 0 spiro atoms. The van der Waals surface area contributed by atoms with E-state index in [1.807, 2.05) is 32.0 Å². The molecule has 0 saturated heterocycles. The molecule has 0 radical (unpaired) electrons. The third-order valence-electron chi connectivity index (χ3n) is 6.33. The predicted molar refractivity (Wildman–Crippen MR) is 146 cm³/mol. The number of nitrogens with one attached hydrogen (secondary N) is 3. The molecule has 0 bridgehead atoms. The van der Waals surface area contributed by atoms with Crippen molar-refractivity contribution in [2.75, 3.05) is 5.32 Å². The zero-order chi connectivity index (χ0) is 27.1. The number of nitrogens with zero attached hydrogens (tertiary/aromatic N) is 4. The number of carbonyl (C=O) groups is 1. The Morgan fingerprint density at radius 3 is 2.59 bits per heavy atom. The van der Waals surface area contributed by atoms with Crippen molar-refractivity contribution in [1.82, 2.24) is 30.1 Å². The van der Waals surface area contributed by atoms with Gasteiger partial charge in [-0.2, -0.15) is 5.10 Å². The summed E-state index contributed by atoms with van der Waals surface area (Å²) in [5.74, 6) is -0.491. The van der Waals surface area contributed by atoms with Gasteiger partial charge in [-0.3, -0.25) is 19.9 Å². The van der Waals surface area contributed by atoms with Crippen molar-refractivity contribution in [3.8, 4) is 33.9 Å². The third kappa shape index (κ3) is 4.61. The number of fused-ring (bicyclic) bond motifs is 2. The number of anilines is 1. The van der Waals surface area contributed by atoms with Crippen LogP contribution >= 0.6 is 0 Å². The SMILES string of the molecule is CC(C)CC(=O)Nc1cncc(-c2ncc3[nH]nc(-c4nc5c(-c6ccc(F)cc6)cccc5[nH]4)c3c2F)c1. The van der Waals surface area contributed by atoms with Crippen molar-refractivity contribution in [2.45, 2.75) is 20.3 Å². The van der Waals surface area contributed by atoms with Gasteiger partial charge in [-0.05, 0) is 35.7 Å². The van der Waals surface area contributed by atoms with Crippen LogP contribution in [0.4, 0.5) is 14.5 Å². The molecular formula is C29H23F2N7O. The number of amides is 1. The van der Waals surface area contributed by atoms with E-state index in [4.69, 9.17) is 4.98 Å². The standard InChI is InChI=1S/C29H23F2N7O/c1-15(2)10-23(39)34-19-11-17(12-32-13-19)26-25(31)24-22(14-33-26)37-38-28(24)29-35-21-5-3-4-20(27(21)36-29)16-6-8-18(30)9-7-16/h3-9,11-15H,10H2,1-2H3,(H,34,39)(H,35,36)(H,37,38). The largest absolute Gasteiger partial charge is 0.337 e. The first kappa shape index (κ1) is 24.4. The van der Waals surface area contributed by atoms with E-state index in [2.05, 4.69) is 30.5 Å². The van der Waals surface area contributed by atoms with E-state index in [-0.39, 0.29) is 28.7 Å². The van der Waals surface area contributed by atoms with Crippen molar-refractivity contribution < 1.29 is 13.6 Å². The van der Waals surface area contributed by atoms with Crippen LogP contribution in [0, 0.1) is 17.6 Å². The lowest BCUT2D eigenvalue weighted by atomic mass is 10.0. The molecule has 0 aliphatic carbocycles. The predicted octanol–water partition coefficient (Wildman–Crippen LogP) is 6.49. The summed E-state index contributed by atoms with van der Waals surface area (Å²) in [5, 5.41) is 10.2. The second-order valence-corrected chi connectivity index (χ2v) is 9.68. The Balaban J connectivity index is 1.41. The highest BCUT2D eigenvalue weighted by molar-refractivity contribution is 5.98. The molecule has 2 aromatic carbocycles. The smallest absolute Gasteiger partial charge is 0.224 e. The van der Waals surface area contributed by atoms with Gasteiger partial charge in [0.25, 0.3) is 0 Å². The number of aromatic amines is 2. The zero-order valence-corrected chi connectivity index (χ0v) is 21.1. The highest BCUT2D eigenvalue weighted by Gasteiger charge is 2.21. The number of rotatable bonds is 6. The first-order chi connectivity index (χ1) is 18.9. The van der Waals surface area contributed by atoms with Gasteiger partial charge in [0.2, 0.25) is 5.91 Å². The van der Waals surface area contributed by atoms with E-state index in [1.54, 1.807) is 18.2 Å². The summed E-state index contributed by atoms with van der Waals surface area (Å²) in [6.07, 6.45) is 4.86. The molecule has 10 heteroatoms. The molecule has 8 nitrogen and oxygen atoms in total. The van der Waals surface area contributed by atoms with Crippen LogP contribution in [0.5, 0.6) is 0 Å². The molecule has 0 atom stereocenters. The van der Waals surface area contributed by atoms with E-state index < -0.39 is 5.82 Å². The molecule has 4 heterocycles. The Morgan fingerprint density at radius 1 is 0.974 bits per heavy atom. The van der Waals surface area contributed by atoms with Gasteiger partial charge in [0.05, 0.1) is 40.0 Å². The first-order valence-electron chi connectivity index (χ1n) is 12.4. The normalized spacial score (nSPS) is 11.5. The Kier molecular flexibility index (Phi) is 6.07. The first-order valence-corrected chi connectivity index (χ1v) is 12.4. The number of pyridine rings is 2. The number of benzene rings is 2. The van der Waals surface area contributed by atoms with Gasteiger partial charge in [-0.25, -0.2) is 13.8 Å². The second-order valence-electron chi connectivity index (χ2n) is 9.68. The van der Waals surface area contributed by atoms with Crippen LogP contribution in [-0.4, -0.2) is 36.0 Å². The van der Waals surface area contributed by atoms with Gasteiger partial charge >= 0.3 is 0 Å². The summed E-state index contributed by atoms with van der Waals surface area (Å²) >= 11 is 0. The number of hydrogen-bond donors (Lipinski definition) is 3. The molecule has 6 aromatic rings. The zero-order valence-electron chi connectivity index (χ0n) is 21.1. The fourth-order valence-corrected chi connectivity index (χ4v) is 4.58. The molecule has 194 valence electrons. The minimum Gasteiger partial charge on any atom is -0.337 e. The number of aromatic nitrogens is 6. The average molecular weight is 524 g/mol. The fourth-order valence-electron chi connectivity index (χ4n) is 4.58. The number of H-pyrrole nitrogens is 2. The van der Waals surface area contributed by atoms with Crippen molar-refractivity contribution in [3.63, 3.8) is 0 Å². The maximum Gasteiger partial charge on any atom is 0.224 e. The summed E-state index contributed by atoms with van der Waals surface area (Å²) in [5.41, 5.74) is 4.62. The number of halogens is 2. The third-order valence-corrected chi connectivity index (χ3v) is 6.33. The van der Waals surface area contributed by atoms with Crippen LogP contribution in [0.1, 0.15) is 20.3 Å². The highest BCUT2D eigenvalue weighted by Crippen LogP contribution is 2.34. The Morgan fingerprint density at radius 2 is 1.79 bits per heavy atom. The molecule has 6 rings (SSSR count). The van der Waals surface area contributed by atoms with Crippen molar-refractivity contribution >= 4 is 33.5 Å². The van der Waals surface area contributed by atoms with Gasteiger partial charge in [0, 0.05) is 23.7 Å². The average Bonchev–Trinajstić information content (AvgIpc) is 3.54. The topological polar surface area (TPSA) is 112 Å². The summed E-state index contributed by atoms with van der Waals surface area (Å²) in [4.78, 5) is 28.6. The van der Waals surface area contributed by atoms with Crippen LogP contribution in [0.2, 0.25) is 0 Å². The summed E-state index contributed by atoms with van der Waals surface area (Å²) in [7, 11) is 0. The quantitative estimate of drug-likeness (QED) is 0.231. The maximum atomic E-state index is 16.0. The van der Waals surface area contributed by atoms with Crippen LogP contribution < -0.4 is 5.32 Å². The fraction of sp³-hybridized carbons (Fsp3) is 0.138. The minimum absolute atomic E-state index is 0.0701. The molecule has 4 aromatic heterocycles. The van der Waals surface area contributed by atoms with Gasteiger partial charge in [0.1, 0.15) is 17.2 Å². The molecule has 1 amide bonds. The molecule has 0 aliphatic heterocycles. The number of imidazole rings is 1. The van der Waals surface area contributed by atoms with Crippen LogP contribution in [0.15, 0.2) is 67.1 Å².